The van der Waals surface area contributed by atoms with E-state index in [1.165, 1.54) is 0 Å². The van der Waals surface area contributed by atoms with Gasteiger partial charge in [0.1, 0.15) is 11.2 Å². The van der Waals surface area contributed by atoms with E-state index in [9.17, 15) is 0 Å². The van der Waals surface area contributed by atoms with Crippen LogP contribution in [0, 0.1) is 23.7 Å². The summed E-state index contributed by atoms with van der Waals surface area (Å²) in [6.45, 7) is 11.4. The maximum Gasteiger partial charge on any atom is 0.125 e. The number of ether oxygens (including phenoxy) is 1. The predicted molar refractivity (Wildman–Crippen MR) is 56.1 cm³/mol. The smallest absolute Gasteiger partial charge is 0.125 e. The highest BCUT2D eigenvalue weighted by Gasteiger charge is 2.25. The summed E-state index contributed by atoms with van der Waals surface area (Å²) in [5.41, 5.74) is -0.857. The van der Waals surface area contributed by atoms with Crippen LogP contribution in [0.15, 0.2) is 0 Å². The zero-order valence-electron chi connectivity index (χ0n) is 9.41. The maximum absolute atomic E-state index is 5.76. The third-order valence-corrected chi connectivity index (χ3v) is 1.36. The molecule has 13 heavy (non-hydrogen) atoms. The summed E-state index contributed by atoms with van der Waals surface area (Å²) in [5, 5.41) is 0. The van der Waals surface area contributed by atoms with Crippen LogP contribution in [-0.4, -0.2) is 11.2 Å². The topological polar surface area (TPSA) is 9.23 Å². The van der Waals surface area contributed by atoms with Gasteiger partial charge in [-0.1, -0.05) is 11.8 Å². The Morgan fingerprint density at radius 2 is 1.08 bits per heavy atom. The molecule has 0 aliphatic rings. The lowest BCUT2D eigenvalue weighted by Gasteiger charge is -2.28. The Hall–Kier alpha value is -0.920. The lowest BCUT2D eigenvalue weighted by atomic mass is 10.1. The van der Waals surface area contributed by atoms with E-state index in [1.54, 1.807) is 0 Å². The molecule has 0 aliphatic heterocycles. The molecule has 0 spiro atoms. The van der Waals surface area contributed by atoms with E-state index < -0.39 is 11.2 Å². The van der Waals surface area contributed by atoms with Crippen LogP contribution in [0.25, 0.3) is 0 Å². The molecule has 0 aromatic carbocycles. The van der Waals surface area contributed by atoms with Crippen LogP contribution in [0.4, 0.5) is 0 Å². The first kappa shape index (κ1) is 12.1. The summed E-state index contributed by atoms with van der Waals surface area (Å²) >= 11 is 0. The van der Waals surface area contributed by atoms with E-state index in [0.29, 0.717) is 0 Å². The van der Waals surface area contributed by atoms with Crippen molar-refractivity contribution in [3.05, 3.63) is 0 Å². The summed E-state index contributed by atoms with van der Waals surface area (Å²) in [6.07, 6.45) is 0. The van der Waals surface area contributed by atoms with Gasteiger partial charge in [0.15, 0.2) is 0 Å². The molecule has 0 radical (unpaired) electrons. The van der Waals surface area contributed by atoms with Crippen molar-refractivity contribution in [1.29, 1.82) is 0 Å². The van der Waals surface area contributed by atoms with Crippen LogP contribution in [0.1, 0.15) is 41.5 Å². The van der Waals surface area contributed by atoms with Crippen molar-refractivity contribution in [3.8, 4) is 23.7 Å². The average Bonchev–Trinajstić information content (AvgIpc) is 1.82. The molecule has 0 unspecified atom stereocenters. The minimum Gasteiger partial charge on any atom is -0.344 e. The van der Waals surface area contributed by atoms with E-state index in [0.717, 1.165) is 0 Å². The van der Waals surface area contributed by atoms with Gasteiger partial charge in [-0.25, -0.2) is 0 Å². The summed E-state index contributed by atoms with van der Waals surface area (Å²) in [6, 6.07) is 0. The van der Waals surface area contributed by atoms with Gasteiger partial charge in [-0.15, -0.1) is 11.8 Å². The van der Waals surface area contributed by atoms with Crippen LogP contribution in [-0.2, 0) is 4.74 Å². The molecule has 0 N–H and O–H groups in total. The third kappa shape index (κ3) is 5.34. The Morgan fingerprint density at radius 3 is 1.31 bits per heavy atom. The molecule has 1 heteroatoms. The zero-order valence-corrected chi connectivity index (χ0v) is 9.41. The average molecular weight is 178 g/mol. The molecule has 0 saturated carbocycles. The molecular weight excluding hydrogens is 160 g/mol. The fraction of sp³-hybridized carbons (Fsp3) is 0.667. The third-order valence-electron chi connectivity index (χ3n) is 1.36. The van der Waals surface area contributed by atoms with Gasteiger partial charge in [0, 0.05) is 0 Å². The van der Waals surface area contributed by atoms with Crippen molar-refractivity contribution in [2.24, 2.45) is 0 Å². The van der Waals surface area contributed by atoms with Gasteiger partial charge in [0.25, 0.3) is 0 Å². The van der Waals surface area contributed by atoms with Gasteiger partial charge in [0.05, 0.1) is 0 Å². The fourth-order valence-electron chi connectivity index (χ4n) is 1.29. The second kappa shape index (κ2) is 4.35. The lowest BCUT2D eigenvalue weighted by Crippen LogP contribution is -2.34. The summed E-state index contributed by atoms with van der Waals surface area (Å²) in [7, 11) is 0. The molecule has 0 atom stereocenters. The van der Waals surface area contributed by atoms with Crippen LogP contribution in [0.2, 0.25) is 0 Å². The van der Waals surface area contributed by atoms with E-state index >= 15 is 0 Å². The quantitative estimate of drug-likeness (QED) is 0.591. The first-order chi connectivity index (χ1) is 5.83. The van der Waals surface area contributed by atoms with E-state index in [1.807, 2.05) is 41.5 Å². The van der Waals surface area contributed by atoms with Crippen LogP contribution in [0.5, 0.6) is 0 Å². The van der Waals surface area contributed by atoms with E-state index in [-0.39, 0.29) is 0 Å². The second-order valence-electron chi connectivity index (χ2n) is 3.87. The highest BCUT2D eigenvalue weighted by Crippen LogP contribution is 2.18. The Bertz CT molecular complexity index is 246. The molecule has 0 amide bonds. The Labute approximate surface area is 81.9 Å². The van der Waals surface area contributed by atoms with Gasteiger partial charge >= 0.3 is 0 Å². The molecule has 1 nitrogen and oxygen atoms in total. The van der Waals surface area contributed by atoms with Crippen molar-refractivity contribution in [1.82, 2.24) is 0 Å². The highest BCUT2D eigenvalue weighted by atomic mass is 16.5. The highest BCUT2D eigenvalue weighted by molar-refractivity contribution is 5.15. The molecule has 0 heterocycles. The SMILES string of the molecule is CC#CC(C)(C)OC(C)(C)C#CC. The van der Waals surface area contributed by atoms with Gasteiger partial charge in [-0.2, -0.15) is 0 Å². The van der Waals surface area contributed by atoms with E-state index in [4.69, 9.17) is 4.74 Å². The van der Waals surface area contributed by atoms with Gasteiger partial charge in [-0.3, -0.25) is 0 Å². The van der Waals surface area contributed by atoms with Gasteiger partial charge in [-0.05, 0) is 41.5 Å². The van der Waals surface area contributed by atoms with Crippen LogP contribution >= 0.6 is 0 Å². The molecule has 0 aromatic rings. The largest absolute Gasteiger partial charge is 0.344 e. The van der Waals surface area contributed by atoms with Crippen molar-refractivity contribution in [2.45, 2.75) is 52.7 Å². The zero-order chi connectivity index (χ0) is 10.5. The Kier molecular flexibility index (Phi) is 4.05. The molecule has 0 bridgehead atoms. The molecular formula is C12H18O. The van der Waals surface area contributed by atoms with Crippen LogP contribution < -0.4 is 0 Å². The molecule has 0 aliphatic carbocycles. The Morgan fingerprint density at radius 1 is 0.769 bits per heavy atom. The monoisotopic (exact) mass is 178 g/mol. The lowest BCUT2D eigenvalue weighted by molar-refractivity contribution is -0.0570. The van der Waals surface area contributed by atoms with Gasteiger partial charge < -0.3 is 4.74 Å². The van der Waals surface area contributed by atoms with Crippen LogP contribution in [0.3, 0.4) is 0 Å². The van der Waals surface area contributed by atoms with Crippen molar-refractivity contribution < 1.29 is 4.74 Å². The van der Waals surface area contributed by atoms with Crippen molar-refractivity contribution in [3.63, 3.8) is 0 Å². The number of hydrogen-bond acceptors (Lipinski definition) is 1. The number of hydrogen-bond donors (Lipinski definition) is 0. The standard InChI is InChI=1S/C12H18O/c1-7-9-11(3,4)13-12(5,6)10-8-2/h1-6H3. The predicted octanol–water partition coefficient (Wildman–Crippen LogP) is 2.61. The maximum atomic E-state index is 5.76. The first-order valence-corrected chi connectivity index (χ1v) is 4.41. The van der Waals surface area contributed by atoms with Crippen molar-refractivity contribution in [2.75, 3.05) is 0 Å². The fourth-order valence-corrected chi connectivity index (χ4v) is 1.29. The summed E-state index contributed by atoms with van der Waals surface area (Å²) < 4.78 is 5.76. The van der Waals surface area contributed by atoms with Gasteiger partial charge in [0.2, 0.25) is 0 Å². The number of rotatable bonds is 2. The summed E-state index contributed by atoms with van der Waals surface area (Å²) in [5.74, 6) is 11.7. The molecule has 0 aromatic heterocycles. The first-order valence-electron chi connectivity index (χ1n) is 4.41. The summed E-state index contributed by atoms with van der Waals surface area (Å²) in [4.78, 5) is 0. The Balaban J connectivity index is 4.54. The molecule has 0 fully saturated rings. The molecule has 72 valence electrons. The van der Waals surface area contributed by atoms with Crippen molar-refractivity contribution >= 4 is 0 Å². The van der Waals surface area contributed by atoms with E-state index in [2.05, 4.69) is 23.7 Å². The minimum atomic E-state index is -0.428. The normalized spacial score (nSPS) is 10.9. The molecule has 0 rings (SSSR count). The minimum absolute atomic E-state index is 0.428. The molecule has 0 saturated heterocycles. The second-order valence-corrected chi connectivity index (χ2v) is 3.87.